The van der Waals surface area contributed by atoms with Crippen molar-refractivity contribution in [2.24, 2.45) is 0 Å². The minimum atomic E-state index is 0.0356. The van der Waals surface area contributed by atoms with Crippen LogP contribution in [0.2, 0.25) is 4.34 Å². The minimum Gasteiger partial charge on any atom is -0.379 e. The summed E-state index contributed by atoms with van der Waals surface area (Å²) in [6.45, 7) is 6.43. The van der Waals surface area contributed by atoms with Gasteiger partial charge in [-0.2, -0.15) is 0 Å². The standard InChI is InChI=1S/C17H20ClN3O2S2/c1-11-13(20-6-8-23-9-7-20)4-5-21(11)17(22)12-10-24-16(19-12)14-2-3-15(18)25-14/h2-3,10-11,13H,4-9H2,1H3/t11-,13-/m1/s1. The number of thiophene rings is 1. The Morgan fingerprint density at radius 1 is 1.32 bits per heavy atom. The van der Waals surface area contributed by atoms with E-state index in [1.54, 1.807) is 0 Å². The molecule has 25 heavy (non-hydrogen) atoms. The van der Waals surface area contributed by atoms with Crippen LogP contribution in [0.5, 0.6) is 0 Å². The van der Waals surface area contributed by atoms with E-state index in [2.05, 4.69) is 16.8 Å². The van der Waals surface area contributed by atoms with Gasteiger partial charge in [-0.15, -0.1) is 22.7 Å². The Bertz CT molecular complexity index is 757. The average Bonchev–Trinajstić information content (AvgIpc) is 3.34. The van der Waals surface area contributed by atoms with Gasteiger partial charge in [-0.05, 0) is 25.5 Å². The minimum absolute atomic E-state index is 0.0356. The molecule has 0 radical (unpaired) electrons. The van der Waals surface area contributed by atoms with E-state index in [4.69, 9.17) is 16.3 Å². The third-order valence-electron chi connectivity index (χ3n) is 5.00. The number of amides is 1. The highest BCUT2D eigenvalue weighted by Gasteiger charge is 2.38. The van der Waals surface area contributed by atoms with Gasteiger partial charge >= 0.3 is 0 Å². The Labute approximate surface area is 160 Å². The molecule has 0 unspecified atom stereocenters. The predicted octanol–water partition coefficient (Wildman–Crippen LogP) is 3.46. The molecule has 4 rings (SSSR count). The van der Waals surface area contributed by atoms with E-state index in [1.807, 2.05) is 22.4 Å². The molecule has 0 aromatic carbocycles. The number of hydrogen-bond acceptors (Lipinski definition) is 6. The average molecular weight is 398 g/mol. The maximum atomic E-state index is 12.9. The second-order valence-electron chi connectivity index (χ2n) is 6.39. The Kier molecular flexibility index (Phi) is 5.11. The van der Waals surface area contributed by atoms with Crippen molar-refractivity contribution in [1.82, 2.24) is 14.8 Å². The molecule has 2 fully saturated rings. The summed E-state index contributed by atoms with van der Waals surface area (Å²) in [5, 5.41) is 2.72. The molecule has 2 aliphatic heterocycles. The lowest BCUT2D eigenvalue weighted by Crippen LogP contribution is -2.49. The predicted molar refractivity (Wildman–Crippen MR) is 102 cm³/mol. The van der Waals surface area contributed by atoms with Crippen LogP contribution in [0.1, 0.15) is 23.8 Å². The van der Waals surface area contributed by atoms with Gasteiger partial charge in [0.25, 0.3) is 5.91 Å². The summed E-state index contributed by atoms with van der Waals surface area (Å²) in [5.41, 5.74) is 0.541. The SMILES string of the molecule is C[C@@H]1[C@H](N2CCOCC2)CCN1C(=O)c1csc(-c2ccc(Cl)s2)n1. The van der Waals surface area contributed by atoms with Gasteiger partial charge in [0.15, 0.2) is 0 Å². The van der Waals surface area contributed by atoms with E-state index < -0.39 is 0 Å². The first-order chi connectivity index (χ1) is 12.1. The van der Waals surface area contributed by atoms with Gasteiger partial charge in [-0.1, -0.05) is 11.6 Å². The van der Waals surface area contributed by atoms with Gasteiger partial charge in [-0.25, -0.2) is 4.98 Å². The first-order valence-corrected chi connectivity index (χ1v) is 10.5. The van der Waals surface area contributed by atoms with E-state index in [9.17, 15) is 4.79 Å². The van der Waals surface area contributed by atoms with E-state index in [1.165, 1.54) is 22.7 Å². The second-order valence-corrected chi connectivity index (χ2v) is 8.96. The molecule has 0 spiro atoms. The topological polar surface area (TPSA) is 45.7 Å². The normalized spacial score (nSPS) is 24.8. The van der Waals surface area contributed by atoms with Crippen LogP contribution in [0.15, 0.2) is 17.5 Å². The zero-order valence-electron chi connectivity index (χ0n) is 14.0. The summed E-state index contributed by atoms with van der Waals surface area (Å²) in [6.07, 6.45) is 1.02. The Balaban J connectivity index is 1.47. The molecule has 2 atom stereocenters. The molecule has 4 heterocycles. The monoisotopic (exact) mass is 397 g/mol. The van der Waals surface area contributed by atoms with Crippen molar-refractivity contribution in [2.75, 3.05) is 32.8 Å². The van der Waals surface area contributed by atoms with Crippen LogP contribution in [-0.4, -0.2) is 65.6 Å². The first kappa shape index (κ1) is 17.4. The first-order valence-electron chi connectivity index (χ1n) is 8.47. The lowest BCUT2D eigenvalue weighted by molar-refractivity contribution is 0.0104. The van der Waals surface area contributed by atoms with Crippen LogP contribution in [0.4, 0.5) is 0 Å². The second kappa shape index (κ2) is 7.32. The number of halogens is 1. The number of likely N-dealkylation sites (tertiary alicyclic amines) is 1. The van der Waals surface area contributed by atoms with Crippen molar-refractivity contribution in [3.8, 4) is 9.88 Å². The summed E-state index contributed by atoms with van der Waals surface area (Å²) in [4.78, 5) is 22.9. The van der Waals surface area contributed by atoms with E-state index in [0.29, 0.717) is 11.7 Å². The number of morpholine rings is 1. The van der Waals surface area contributed by atoms with Gasteiger partial charge in [0.05, 0.1) is 22.4 Å². The van der Waals surface area contributed by atoms with Gasteiger partial charge in [-0.3, -0.25) is 9.69 Å². The van der Waals surface area contributed by atoms with Gasteiger partial charge in [0.2, 0.25) is 0 Å². The largest absolute Gasteiger partial charge is 0.379 e. The fourth-order valence-electron chi connectivity index (χ4n) is 3.67. The molecule has 8 heteroatoms. The fourth-order valence-corrected chi connectivity index (χ4v) is 5.58. The number of carbonyl (C=O) groups is 1. The third-order valence-corrected chi connectivity index (χ3v) is 7.24. The number of nitrogens with zero attached hydrogens (tertiary/aromatic N) is 3. The van der Waals surface area contributed by atoms with Gasteiger partial charge < -0.3 is 9.64 Å². The van der Waals surface area contributed by atoms with Crippen LogP contribution in [0.25, 0.3) is 9.88 Å². The highest BCUT2D eigenvalue weighted by atomic mass is 35.5. The molecular formula is C17H20ClN3O2S2. The Morgan fingerprint density at radius 2 is 2.12 bits per heavy atom. The summed E-state index contributed by atoms with van der Waals surface area (Å²) >= 11 is 8.99. The summed E-state index contributed by atoms with van der Waals surface area (Å²) < 4.78 is 6.18. The molecule has 2 aromatic heterocycles. The lowest BCUT2D eigenvalue weighted by Gasteiger charge is -2.35. The number of carbonyl (C=O) groups excluding carboxylic acids is 1. The van der Waals surface area contributed by atoms with Gasteiger partial charge in [0, 0.05) is 37.1 Å². The maximum absolute atomic E-state index is 12.9. The Morgan fingerprint density at radius 3 is 2.84 bits per heavy atom. The molecule has 0 bridgehead atoms. The highest BCUT2D eigenvalue weighted by Crippen LogP contribution is 2.33. The van der Waals surface area contributed by atoms with Crippen LogP contribution >= 0.6 is 34.3 Å². The van der Waals surface area contributed by atoms with E-state index in [0.717, 1.165) is 53.5 Å². The van der Waals surface area contributed by atoms with Crippen LogP contribution in [0.3, 0.4) is 0 Å². The molecule has 5 nitrogen and oxygen atoms in total. The number of ether oxygens (including phenoxy) is 1. The molecule has 2 aliphatic rings. The fraction of sp³-hybridized carbons (Fsp3) is 0.529. The number of thiazole rings is 1. The highest BCUT2D eigenvalue weighted by molar-refractivity contribution is 7.23. The summed E-state index contributed by atoms with van der Waals surface area (Å²) in [5.74, 6) is 0.0356. The van der Waals surface area contributed by atoms with E-state index in [-0.39, 0.29) is 11.9 Å². The maximum Gasteiger partial charge on any atom is 0.273 e. The number of aromatic nitrogens is 1. The molecule has 2 aromatic rings. The molecular weight excluding hydrogens is 378 g/mol. The van der Waals surface area contributed by atoms with E-state index >= 15 is 0 Å². The summed E-state index contributed by atoms with van der Waals surface area (Å²) in [7, 11) is 0. The zero-order valence-corrected chi connectivity index (χ0v) is 16.4. The van der Waals surface area contributed by atoms with Crippen LogP contribution in [0, 0.1) is 0 Å². The van der Waals surface area contributed by atoms with Crippen molar-refractivity contribution < 1.29 is 9.53 Å². The molecule has 0 saturated carbocycles. The lowest BCUT2D eigenvalue weighted by atomic mass is 10.1. The van der Waals surface area contributed by atoms with Crippen molar-refractivity contribution in [3.63, 3.8) is 0 Å². The smallest absolute Gasteiger partial charge is 0.273 e. The molecule has 2 saturated heterocycles. The van der Waals surface area contributed by atoms with Crippen molar-refractivity contribution in [3.05, 3.63) is 27.5 Å². The number of rotatable bonds is 3. The molecule has 134 valence electrons. The Hall–Kier alpha value is -0.990. The van der Waals surface area contributed by atoms with Crippen molar-refractivity contribution in [2.45, 2.75) is 25.4 Å². The van der Waals surface area contributed by atoms with Crippen LogP contribution in [-0.2, 0) is 4.74 Å². The van der Waals surface area contributed by atoms with Crippen LogP contribution < -0.4 is 0 Å². The quantitative estimate of drug-likeness (QED) is 0.795. The number of hydrogen-bond donors (Lipinski definition) is 0. The van der Waals surface area contributed by atoms with Crippen molar-refractivity contribution in [1.29, 1.82) is 0 Å². The summed E-state index contributed by atoms with van der Waals surface area (Å²) in [6, 6.07) is 4.43. The van der Waals surface area contributed by atoms with Gasteiger partial charge in [0.1, 0.15) is 10.7 Å². The zero-order chi connectivity index (χ0) is 17.4. The molecule has 1 amide bonds. The molecule has 0 N–H and O–H groups in total. The van der Waals surface area contributed by atoms with Crippen molar-refractivity contribution >= 4 is 40.2 Å². The third kappa shape index (κ3) is 3.48. The molecule has 0 aliphatic carbocycles.